The molecular weight excluding hydrogens is 256 g/mol. The van der Waals surface area contributed by atoms with E-state index in [1.54, 1.807) is 43.3 Å². The van der Waals surface area contributed by atoms with Gasteiger partial charge in [0.15, 0.2) is 0 Å². The molecule has 0 aliphatic heterocycles. The minimum atomic E-state index is -0.423. The summed E-state index contributed by atoms with van der Waals surface area (Å²) in [6.45, 7) is 2.06. The number of carbonyl (C=O) groups excluding carboxylic acids is 1. The maximum Gasteiger partial charge on any atom is 0.340 e. The number of ether oxygens (including phenoxy) is 1. The minimum absolute atomic E-state index is 0.163. The lowest BCUT2D eigenvalue weighted by atomic mass is 10.2. The lowest BCUT2D eigenvalue weighted by Crippen LogP contribution is -2.04. The molecule has 0 aliphatic rings. The van der Waals surface area contributed by atoms with Gasteiger partial charge in [-0.3, -0.25) is 0 Å². The fourth-order valence-corrected chi connectivity index (χ4v) is 1.57. The van der Waals surface area contributed by atoms with Crippen LogP contribution in [-0.4, -0.2) is 17.7 Å². The zero-order valence-corrected chi connectivity index (χ0v) is 11.0. The highest BCUT2D eigenvalue weighted by molar-refractivity contribution is 5.94. The predicted octanol–water partition coefficient (Wildman–Crippen LogP) is 3.98. The highest BCUT2D eigenvalue weighted by atomic mass is 16.5. The van der Waals surface area contributed by atoms with Crippen molar-refractivity contribution < 1.29 is 14.6 Å². The number of benzene rings is 2. The van der Waals surface area contributed by atoms with Crippen LogP contribution in [0.25, 0.3) is 0 Å². The maximum atomic E-state index is 11.8. The molecule has 102 valence electrons. The summed E-state index contributed by atoms with van der Waals surface area (Å²) in [5.41, 5.74) is 1.40. The second-order valence-electron chi connectivity index (χ2n) is 3.95. The van der Waals surface area contributed by atoms with Crippen LogP contribution >= 0.6 is 0 Å². The summed E-state index contributed by atoms with van der Waals surface area (Å²) in [6.07, 6.45) is 0. The van der Waals surface area contributed by atoms with Crippen LogP contribution in [0, 0.1) is 0 Å². The summed E-state index contributed by atoms with van der Waals surface area (Å²) in [7, 11) is 0. The van der Waals surface area contributed by atoms with Gasteiger partial charge in [-0.05, 0) is 43.3 Å². The molecule has 0 fully saturated rings. The van der Waals surface area contributed by atoms with Crippen LogP contribution in [0.15, 0.2) is 58.8 Å². The lowest BCUT2D eigenvalue weighted by molar-refractivity contribution is 0.0527. The van der Waals surface area contributed by atoms with Crippen molar-refractivity contribution in [1.29, 1.82) is 0 Å². The highest BCUT2D eigenvalue weighted by Crippen LogP contribution is 2.24. The molecule has 0 aromatic heterocycles. The highest BCUT2D eigenvalue weighted by Gasteiger charge is 2.11. The van der Waals surface area contributed by atoms with E-state index in [1.807, 2.05) is 0 Å². The number of carbonyl (C=O) groups is 1. The minimum Gasteiger partial charge on any atom is -0.508 e. The number of phenols is 1. The van der Waals surface area contributed by atoms with Gasteiger partial charge in [-0.2, -0.15) is 5.11 Å². The second-order valence-corrected chi connectivity index (χ2v) is 3.95. The second kappa shape index (κ2) is 6.47. The van der Waals surface area contributed by atoms with Crippen molar-refractivity contribution in [2.45, 2.75) is 6.92 Å². The Morgan fingerprint density at radius 3 is 2.50 bits per heavy atom. The lowest BCUT2D eigenvalue weighted by Gasteiger charge is -2.03. The maximum absolute atomic E-state index is 11.8. The van der Waals surface area contributed by atoms with Crippen LogP contribution in [0.4, 0.5) is 11.4 Å². The normalized spacial score (nSPS) is 10.7. The smallest absolute Gasteiger partial charge is 0.340 e. The number of nitrogens with zero attached hydrogens (tertiary/aromatic N) is 2. The van der Waals surface area contributed by atoms with E-state index in [1.165, 1.54) is 12.1 Å². The molecular formula is C15H14N2O3. The van der Waals surface area contributed by atoms with Crippen molar-refractivity contribution in [3.05, 3.63) is 54.1 Å². The van der Waals surface area contributed by atoms with E-state index in [2.05, 4.69) is 10.2 Å². The zero-order valence-electron chi connectivity index (χ0n) is 11.0. The molecule has 5 nitrogen and oxygen atoms in total. The quantitative estimate of drug-likeness (QED) is 0.674. The Kier molecular flexibility index (Phi) is 4.44. The third-order valence-electron chi connectivity index (χ3n) is 2.52. The number of hydrogen-bond donors (Lipinski definition) is 1. The number of aromatic hydroxyl groups is 1. The van der Waals surface area contributed by atoms with Crippen molar-refractivity contribution in [2.75, 3.05) is 6.61 Å². The molecule has 2 rings (SSSR count). The van der Waals surface area contributed by atoms with Gasteiger partial charge in [-0.25, -0.2) is 4.79 Å². The summed E-state index contributed by atoms with van der Waals surface area (Å²) < 4.78 is 4.96. The van der Waals surface area contributed by atoms with Crippen molar-refractivity contribution >= 4 is 17.3 Å². The van der Waals surface area contributed by atoms with Gasteiger partial charge in [-0.15, -0.1) is 5.11 Å². The van der Waals surface area contributed by atoms with Gasteiger partial charge in [-0.1, -0.05) is 12.1 Å². The average Bonchev–Trinajstić information content (AvgIpc) is 2.47. The van der Waals surface area contributed by atoms with Crippen molar-refractivity contribution in [3.8, 4) is 5.75 Å². The zero-order chi connectivity index (χ0) is 14.4. The van der Waals surface area contributed by atoms with Crippen molar-refractivity contribution in [3.63, 3.8) is 0 Å². The first-order chi connectivity index (χ1) is 9.70. The van der Waals surface area contributed by atoms with Gasteiger partial charge < -0.3 is 9.84 Å². The van der Waals surface area contributed by atoms with E-state index in [9.17, 15) is 9.90 Å². The van der Waals surface area contributed by atoms with Gasteiger partial charge in [0, 0.05) is 0 Å². The number of esters is 1. The molecule has 20 heavy (non-hydrogen) atoms. The molecule has 0 spiro atoms. The van der Waals surface area contributed by atoms with E-state index < -0.39 is 5.97 Å². The number of rotatable bonds is 4. The van der Waals surface area contributed by atoms with Gasteiger partial charge in [0.05, 0.1) is 17.9 Å². The van der Waals surface area contributed by atoms with Crippen LogP contribution in [0.3, 0.4) is 0 Å². The summed E-state index contributed by atoms with van der Waals surface area (Å²) >= 11 is 0. The van der Waals surface area contributed by atoms with E-state index >= 15 is 0 Å². The number of hydrogen-bond acceptors (Lipinski definition) is 5. The van der Waals surface area contributed by atoms with Crippen LogP contribution in [0.5, 0.6) is 5.75 Å². The van der Waals surface area contributed by atoms with Crippen LogP contribution < -0.4 is 0 Å². The van der Waals surface area contributed by atoms with E-state index in [-0.39, 0.29) is 5.75 Å². The van der Waals surface area contributed by atoms with Crippen LogP contribution in [0.1, 0.15) is 17.3 Å². The molecule has 0 amide bonds. The molecule has 2 aromatic carbocycles. The Morgan fingerprint density at radius 1 is 1.10 bits per heavy atom. The largest absolute Gasteiger partial charge is 0.508 e. The van der Waals surface area contributed by atoms with Crippen LogP contribution in [-0.2, 0) is 4.74 Å². The summed E-state index contributed by atoms with van der Waals surface area (Å²) in [6, 6.07) is 13.1. The molecule has 0 atom stereocenters. The topological polar surface area (TPSA) is 71.2 Å². The molecule has 1 N–H and O–H groups in total. The first-order valence-electron chi connectivity index (χ1n) is 6.17. The summed E-state index contributed by atoms with van der Waals surface area (Å²) in [5, 5.41) is 17.3. The standard InChI is InChI=1S/C15H14N2O3/c1-2-20-15(19)13-5-3-4-6-14(13)17-16-11-7-9-12(18)10-8-11/h3-10,18H,2H2,1H3. The Bertz CT molecular complexity index is 621. The Labute approximate surface area is 116 Å². The molecule has 5 heteroatoms. The monoisotopic (exact) mass is 270 g/mol. The fraction of sp³-hybridized carbons (Fsp3) is 0.133. The fourth-order valence-electron chi connectivity index (χ4n) is 1.57. The number of azo groups is 1. The van der Waals surface area contributed by atoms with E-state index in [0.717, 1.165) is 0 Å². The third kappa shape index (κ3) is 3.41. The summed E-state index contributed by atoms with van der Waals surface area (Å²) in [4.78, 5) is 11.8. The summed E-state index contributed by atoms with van der Waals surface area (Å²) in [5.74, 6) is -0.261. The molecule has 0 heterocycles. The first kappa shape index (κ1) is 13.7. The molecule has 0 aliphatic carbocycles. The van der Waals surface area contributed by atoms with Crippen molar-refractivity contribution in [2.24, 2.45) is 10.2 Å². The number of phenolic OH excluding ortho intramolecular Hbond substituents is 1. The molecule has 0 bridgehead atoms. The predicted molar refractivity (Wildman–Crippen MR) is 74.7 cm³/mol. The van der Waals surface area contributed by atoms with E-state index in [0.29, 0.717) is 23.5 Å². The Morgan fingerprint density at radius 2 is 1.80 bits per heavy atom. The van der Waals surface area contributed by atoms with Gasteiger partial charge in [0.25, 0.3) is 0 Å². The van der Waals surface area contributed by atoms with Crippen molar-refractivity contribution in [1.82, 2.24) is 0 Å². The van der Waals surface area contributed by atoms with Gasteiger partial charge in [0.2, 0.25) is 0 Å². The SMILES string of the molecule is CCOC(=O)c1ccccc1N=Nc1ccc(O)cc1. The Balaban J connectivity index is 2.24. The van der Waals surface area contributed by atoms with E-state index in [4.69, 9.17) is 4.74 Å². The third-order valence-corrected chi connectivity index (χ3v) is 2.52. The first-order valence-corrected chi connectivity index (χ1v) is 6.17. The molecule has 0 saturated heterocycles. The molecule has 0 unspecified atom stereocenters. The van der Waals surface area contributed by atoms with Gasteiger partial charge in [0.1, 0.15) is 11.4 Å². The molecule has 0 saturated carbocycles. The van der Waals surface area contributed by atoms with Crippen LogP contribution in [0.2, 0.25) is 0 Å². The Hall–Kier alpha value is -2.69. The molecule has 2 aromatic rings. The average molecular weight is 270 g/mol. The molecule has 0 radical (unpaired) electrons. The van der Waals surface area contributed by atoms with Gasteiger partial charge >= 0.3 is 5.97 Å².